The molecule has 3 heterocycles. The van der Waals surface area contributed by atoms with Crippen molar-refractivity contribution in [1.29, 1.82) is 5.41 Å². The molecular formula is C22H15Cl2N5O2S. The molecule has 0 aliphatic carbocycles. The van der Waals surface area contributed by atoms with Gasteiger partial charge in [0.1, 0.15) is 16.6 Å². The number of nitrogens with zero attached hydrogens (tertiary/aromatic N) is 4. The van der Waals surface area contributed by atoms with Gasteiger partial charge in [0.15, 0.2) is 0 Å². The van der Waals surface area contributed by atoms with E-state index < -0.39 is 0 Å². The van der Waals surface area contributed by atoms with Gasteiger partial charge >= 0.3 is 0 Å². The van der Waals surface area contributed by atoms with Crippen LogP contribution in [0.5, 0.6) is 0 Å². The number of halogens is 2. The van der Waals surface area contributed by atoms with Crippen molar-refractivity contribution in [1.82, 2.24) is 20.0 Å². The first kappa shape index (κ1) is 20.7. The first-order valence-corrected chi connectivity index (χ1v) is 11.2. The topological polar surface area (TPSA) is 99.1 Å². The highest BCUT2D eigenvalue weighted by Crippen LogP contribution is 2.33. The first-order chi connectivity index (χ1) is 15.5. The summed E-state index contributed by atoms with van der Waals surface area (Å²) in [4.78, 5) is 10.7. The van der Waals surface area contributed by atoms with Gasteiger partial charge in [-0.2, -0.15) is 4.98 Å². The average Bonchev–Trinajstić information content (AvgIpc) is 3.50. The molecule has 160 valence electrons. The molecule has 0 atom stereocenters. The maximum Gasteiger partial charge on any atom is 0.246 e. The van der Waals surface area contributed by atoms with Gasteiger partial charge < -0.3 is 14.5 Å². The minimum Gasteiger partial charge on any atom is -0.510 e. The molecule has 32 heavy (non-hydrogen) atoms. The quantitative estimate of drug-likeness (QED) is 0.364. The standard InChI is InChI=1S/C22H15Cl2N5O2S/c23-13-7-5-12(6-8-13)16-11-32-22(26-16)19-17(30)9-29(20(19)25)10-18-27-21(28-31-18)14-3-1-2-4-15(14)24/h1-8,11,25,30H,9-10H2. The molecule has 0 spiro atoms. The fourth-order valence-electron chi connectivity index (χ4n) is 3.37. The number of aromatic nitrogens is 3. The number of aliphatic hydroxyl groups excluding tert-OH is 1. The third-order valence-corrected chi connectivity index (χ3v) is 6.39. The summed E-state index contributed by atoms with van der Waals surface area (Å²) in [6.45, 7) is 0.340. The Kier molecular flexibility index (Phi) is 5.42. The average molecular weight is 484 g/mol. The molecule has 10 heteroatoms. The number of thiazole rings is 1. The summed E-state index contributed by atoms with van der Waals surface area (Å²) in [6, 6.07) is 14.6. The zero-order valence-corrected chi connectivity index (χ0v) is 18.7. The van der Waals surface area contributed by atoms with Gasteiger partial charge in [-0.3, -0.25) is 5.41 Å². The van der Waals surface area contributed by atoms with E-state index in [4.69, 9.17) is 33.1 Å². The third-order valence-electron chi connectivity index (χ3n) is 4.95. The van der Waals surface area contributed by atoms with Crippen LogP contribution in [0.3, 0.4) is 0 Å². The maximum atomic E-state index is 10.6. The van der Waals surface area contributed by atoms with Gasteiger partial charge in [-0.05, 0) is 24.3 Å². The Bertz CT molecular complexity index is 1350. The van der Waals surface area contributed by atoms with Crippen LogP contribution in [0.1, 0.15) is 10.9 Å². The summed E-state index contributed by atoms with van der Waals surface area (Å²) in [5, 5.41) is 26.8. The Labute approximate surface area is 197 Å². The molecule has 7 nitrogen and oxygen atoms in total. The van der Waals surface area contributed by atoms with Crippen LogP contribution in [0.25, 0.3) is 28.2 Å². The molecule has 2 aromatic carbocycles. The van der Waals surface area contributed by atoms with Crippen molar-refractivity contribution in [2.24, 2.45) is 0 Å². The molecule has 0 saturated heterocycles. The van der Waals surface area contributed by atoms with Crippen LogP contribution in [0.15, 0.2) is 64.2 Å². The molecule has 4 aromatic rings. The molecule has 1 aliphatic heterocycles. The van der Waals surface area contributed by atoms with E-state index in [2.05, 4.69) is 15.1 Å². The lowest BCUT2D eigenvalue weighted by Gasteiger charge is -2.15. The Balaban J connectivity index is 1.33. The Hall–Kier alpha value is -3.20. The van der Waals surface area contributed by atoms with Crippen LogP contribution >= 0.6 is 34.5 Å². The number of benzene rings is 2. The number of hydrogen-bond acceptors (Lipinski definition) is 7. The molecule has 0 saturated carbocycles. The van der Waals surface area contributed by atoms with Crippen LogP contribution in [0, 0.1) is 5.41 Å². The van der Waals surface area contributed by atoms with Crippen LogP contribution in [0.2, 0.25) is 10.0 Å². The van der Waals surface area contributed by atoms with E-state index >= 15 is 0 Å². The number of aliphatic hydroxyl groups is 1. The second-order valence-electron chi connectivity index (χ2n) is 7.06. The van der Waals surface area contributed by atoms with E-state index in [1.54, 1.807) is 29.2 Å². The summed E-state index contributed by atoms with van der Waals surface area (Å²) in [6.07, 6.45) is 0. The van der Waals surface area contributed by atoms with Crippen LogP contribution < -0.4 is 0 Å². The van der Waals surface area contributed by atoms with Crippen molar-refractivity contribution >= 4 is 45.9 Å². The van der Waals surface area contributed by atoms with Gasteiger partial charge in [-0.15, -0.1) is 11.3 Å². The molecule has 2 N–H and O–H groups in total. The van der Waals surface area contributed by atoms with Gasteiger partial charge in [0.25, 0.3) is 0 Å². The van der Waals surface area contributed by atoms with Crippen molar-refractivity contribution in [2.75, 3.05) is 6.54 Å². The minimum atomic E-state index is 0.0813. The largest absolute Gasteiger partial charge is 0.510 e. The molecule has 0 unspecified atom stereocenters. The van der Waals surface area contributed by atoms with Crippen LogP contribution in [-0.4, -0.2) is 37.5 Å². The van der Waals surface area contributed by atoms with Crippen molar-refractivity contribution in [3.63, 3.8) is 0 Å². The lowest BCUT2D eigenvalue weighted by atomic mass is 10.2. The second-order valence-corrected chi connectivity index (χ2v) is 8.76. The van der Waals surface area contributed by atoms with Crippen molar-refractivity contribution in [2.45, 2.75) is 6.54 Å². The normalized spacial score (nSPS) is 13.9. The first-order valence-electron chi connectivity index (χ1n) is 9.55. The molecule has 0 bridgehead atoms. The molecular weight excluding hydrogens is 469 g/mol. The third kappa shape index (κ3) is 3.88. The summed E-state index contributed by atoms with van der Waals surface area (Å²) in [5.74, 6) is 0.927. The zero-order valence-electron chi connectivity index (χ0n) is 16.4. The highest BCUT2D eigenvalue weighted by Gasteiger charge is 2.31. The zero-order chi connectivity index (χ0) is 22.2. The molecule has 0 fully saturated rings. The van der Waals surface area contributed by atoms with Gasteiger partial charge in [-0.25, -0.2) is 4.98 Å². The van der Waals surface area contributed by atoms with E-state index in [0.717, 1.165) is 11.3 Å². The van der Waals surface area contributed by atoms with E-state index in [1.165, 1.54) is 11.3 Å². The van der Waals surface area contributed by atoms with E-state index in [0.29, 0.717) is 37.9 Å². The fraction of sp³-hybridized carbons (Fsp3) is 0.0909. The SMILES string of the molecule is N=C1C(c2nc(-c3ccc(Cl)cc3)cs2)=C(O)CN1Cc1nc(-c2ccccc2Cl)no1. The predicted molar refractivity (Wildman–Crippen MR) is 125 cm³/mol. The molecule has 5 rings (SSSR count). The number of nitrogens with one attached hydrogen (secondary N) is 1. The van der Waals surface area contributed by atoms with Crippen LogP contribution in [0.4, 0.5) is 0 Å². The van der Waals surface area contributed by atoms with Crippen molar-refractivity contribution in [3.8, 4) is 22.6 Å². The molecule has 2 aromatic heterocycles. The molecule has 0 radical (unpaired) electrons. The predicted octanol–water partition coefficient (Wildman–Crippen LogP) is 5.93. The summed E-state index contributed by atoms with van der Waals surface area (Å²) in [7, 11) is 0. The lowest BCUT2D eigenvalue weighted by Crippen LogP contribution is -2.26. The minimum absolute atomic E-state index is 0.0813. The molecule has 1 aliphatic rings. The highest BCUT2D eigenvalue weighted by atomic mass is 35.5. The van der Waals surface area contributed by atoms with Crippen LogP contribution in [-0.2, 0) is 6.54 Å². The summed E-state index contributed by atoms with van der Waals surface area (Å²) < 4.78 is 5.35. The second kappa shape index (κ2) is 8.38. The van der Waals surface area contributed by atoms with E-state index in [-0.39, 0.29) is 24.7 Å². The van der Waals surface area contributed by atoms with Gasteiger partial charge in [-0.1, -0.05) is 52.6 Å². The molecule has 0 amide bonds. The van der Waals surface area contributed by atoms with E-state index in [9.17, 15) is 5.11 Å². The Morgan fingerprint density at radius 3 is 2.66 bits per heavy atom. The number of rotatable bonds is 5. The monoisotopic (exact) mass is 483 g/mol. The van der Waals surface area contributed by atoms with Gasteiger partial charge in [0.2, 0.25) is 11.7 Å². The van der Waals surface area contributed by atoms with E-state index in [1.807, 2.05) is 29.6 Å². The Morgan fingerprint density at radius 1 is 1.09 bits per heavy atom. The number of amidine groups is 1. The lowest BCUT2D eigenvalue weighted by molar-refractivity contribution is 0.300. The van der Waals surface area contributed by atoms with Gasteiger partial charge in [0, 0.05) is 21.5 Å². The number of hydrogen-bond donors (Lipinski definition) is 2. The van der Waals surface area contributed by atoms with Crippen molar-refractivity contribution < 1.29 is 9.63 Å². The smallest absolute Gasteiger partial charge is 0.246 e. The fourth-order valence-corrected chi connectivity index (χ4v) is 4.61. The maximum absolute atomic E-state index is 10.6. The summed E-state index contributed by atoms with van der Waals surface area (Å²) in [5.41, 5.74) is 2.74. The Morgan fingerprint density at radius 2 is 1.88 bits per heavy atom. The summed E-state index contributed by atoms with van der Waals surface area (Å²) >= 11 is 13.5. The van der Waals surface area contributed by atoms with Crippen molar-refractivity contribution in [3.05, 3.63) is 80.6 Å². The van der Waals surface area contributed by atoms with Gasteiger partial charge in [0.05, 0.1) is 29.4 Å². The highest BCUT2D eigenvalue weighted by molar-refractivity contribution is 7.11.